The van der Waals surface area contributed by atoms with Crippen molar-refractivity contribution in [2.24, 2.45) is 0 Å². The molecule has 2 N–H and O–H groups in total. The largest absolute Gasteiger partial charge is 0.326 e. The third kappa shape index (κ3) is 3.67. The molecule has 0 fully saturated rings. The maximum absolute atomic E-state index is 12.2. The number of anilines is 2. The molecule has 0 atom stereocenters. The molecule has 0 radical (unpaired) electrons. The molecule has 0 saturated heterocycles. The predicted molar refractivity (Wildman–Crippen MR) is 79.9 cm³/mol. The van der Waals surface area contributed by atoms with Crippen molar-refractivity contribution in [3.63, 3.8) is 0 Å². The Kier molecular flexibility index (Phi) is 4.32. The summed E-state index contributed by atoms with van der Waals surface area (Å²) in [6.07, 6.45) is 0. The lowest BCUT2D eigenvalue weighted by Gasteiger charge is -2.08. The molecular weight excluding hydrogens is 266 g/mol. The number of nitriles is 1. The highest BCUT2D eigenvalue weighted by atomic mass is 16.2. The molecule has 0 aliphatic heterocycles. The van der Waals surface area contributed by atoms with Crippen molar-refractivity contribution in [2.75, 3.05) is 10.6 Å². The van der Waals surface area contributed by atoms with E-state index in [0.717, 1.165) is 0 Å². The summed E-state index contributed by atoms with van der Waals surface area (Å²) in [5, 5.41) is 14.3. The second-order valence-electron chi connectivity index (χ2n) is 4.37. The van der Waals surface area contributed by atoms with E-state index in [9.17, 15) is 9.59 Å². The van der Waals surface area contributed by atoms with Gasteiger partial charge in [-0.05, 0) is 30.3 Å². The summed E-state index contributed by atoms with van der Waals surface area (Å²) in [5.41, 5.74) is 1.79. The van der Waals surface area contributed by atoms with Crippen LogP contribution in [0, 0.1) is 11.3 Å². The van der Waals surface area contributed by atoms with Crippen LogP contribution in [0.4, 0.5) is 11.4 Å². The Morgan fingerprint density at radius 1 is 1.05 bits per heavy atom. The van der Waals surface area contributed by atoms with Crippen LogP contribution in [0.25, 0.3) is 0 Å². The van der Waals surface area contributed by atoms with Crippen LogP contribution < -0.4 is 10.6 Å². The quantitative estimate of drug-likeness (QED) is 0.906. The third-order valence-corrected chi connectivity index (χ3v) is 2.74. The van der Waals surface area contributed by atoms with Gasteiger partial charge in [-0.25, -0.2) is 0 Å². The van der Waals surface area contributed by atoms with E-state index in [1.54, 1.807) is 48.5 Å². The maximum atomic E-state index is 12.2. The van der Waals surface area contributed by atoms with Crippen molar-refractivity contribution in [3.05, 3.63) is 59.7 Å². The molecule has 0 aromatic heterocycles. The van der Waals surface area contributed by atoms with Gasteiger partial charge in [-0.2, -0.15) is 5.26 Å². The van der Waals surface area contributed by atoms with Crippen molar-refractivity contribution in [2.45, 2.75) is 6.92 Å². The van der Waals surface area contributed by atoms with Crippen molar-refractivity contribution < 1.29 is 9.59 Å². The number of rotatable bonds is 3. The SMILES string of the molecule is CC(=O)Nc1cccc(C(=O)Nc2ccccc2C#N)c1. The highest BCUT2D eigenvalue weighted by Crippen LogP contribution is 2.16. The standard InChI is InChI=1S/C16H13N3O2/c1-11(20)18-14-7-4-6-12(9-14)16(21)19-15-8-3-2-5-13(15)10-17/h2-9H,1H3,(H,18,20)(H,19,21). The second-order valence-corrected chi connectivity index (χ2v) is 4.37. The summed E-state index contributed by atoms with van der Waals surface area (Å²) >= 11 is 0. The van der Waals surface area contributed by atoms with Crippen LogP contribution in [0.5, 0.6) is 0 Å². The van der Waals surface area contributed by atoms with E-state index in [4.69, 9.17) is 5.26 Å². The zero-order valence-electron chi connectivity index (χ0n) is 11.4. The molecule has 0 bridgehead atoms. The van der Waals surface area contributed by atoms with Gasteiger partial charge in [-0.15, -0.1) is 0 Å². The van der Waals surface area contributed by atoms with E-state index in [0.29, 0.717) is 22.5 Å². The Bertz CT molecular complexity index is 732. The number of hydrogen-bond acceptors (Lipinski definition) is 3. The van der Waals surface area contributed by atoms with Crippen LogP contribution in [0.3, 0.4) is 0 Å². The van der Waals surface area contributed by atoms with Gasteiger partial charge in [0.15, 0.2) is 0 Å². The highest BCUT2D eigenvalue weighted by Gasteiger charge is 2.09. The number of nitrogens with zero attached hydrogens (tertiary/aromatic N) is 1. The Morgan fingerprint density at radius 3 is 2.52 bits per heavy atom. The minimum absolute atomic E-state index is 0.206. The maximum Gasteiger partial charge on any atom is 0.255 e. The van der Waals surface area contributed by atoms with E-state index < -0.39 is 0 Å². The molecular formula is C16H13N3O2. The molecule has 0 heterocycles. The summed E-state index contributed by atoms with van der Waals surface area (Å²) in [4.78, 5) is 23.2. The second kappa shape index (κ2) is 6.35. The predicted octanol–water partition coefficient (Wildman–Crippen LogP) is 2.77. The fourth-order valence-corrected chi connectivity index (χ4v) is 1.83. The summed E-state index contributed by atoms with van der Waals surface area (Å²) in [6.45, 7) is 1.40. The minimum atomic E-state index is -0.343. The zero-order chi connectivity index (χ0) is 15.2. The third-order valence-electron chi connectivity index (χ3n) is 2.74. The van der Waals surface area contributed by atoms with Gasteiger partial charge in [-0.1, -0.05) is 18.2 Å². The Morgan fingerprint density at radius 2 is 1.81 bits per heavy atom. The molecule has 104 valence electrons. The monoisotopic (exact) mass is 279 g/mol. The van der Waals surface area contributed by atoms with Gasteiger partial charge < -0.3 is 10.6 Å². The van der Waals surface area contributed by atoms with Crippen LogP contribution >= 0.6 is 0 Å². The fourth-order valence-electron chi connectivity index (χ4n) is 1.83. The minimum Gasteiger partial charge on any atom is -0.326 e. The summed E-state index contributed by atoms with van der Waals surface area (Å²) < 4.78 is 0. The smallest absolute Gasteiger partial charge is 0.255 e. The van der Waals surface area contributed by atoms with Crippen LogP contribution in [-0.2, 0) is 4.79 Å². The summed E-state index contributed by atoms with van der Waals surface area (Å²) in [5.74, 6) is -0.549. The van der Waals surface area contributed by atoms with E-state index in [1.807, 2.05) is 6.07 Å². The first-order valence-corrected chi connectivity index (χ1v) is 6.28. The van der Waals surface area contributed by atoms with Gasteiger partial charge in [0.2, 0.25) is 5.91 Å². The average Bonchev–Trinajstić information content (AvgIpc) is 2.47. The summed E-state index contributed by atoms with van der Waals surface area (Å²) in [7, 11) is 0. The molecule has 5 nitrogen and oxygen atoms in total. The molecule has 0 aliphatic carbocycles. The number of benzene rings is 2. The molecule has 2 aromatic carbocycles. The first-order chi connectivity index (χ1) is 10.1. The number of amides is 2. The number of carbonyl (C=O) groups is 2. The number of para-hydroxylation sites is 1. The molecule has 5 heteroatoms. The molecule has 21 heavy (non-hydrogen) atoms. The van der Waals surface area contributed by atoms with Gasteiger partial charge in [0.1, 0.15) is 6.07 Å². The highest BCUT2D eigenvalue weighted by molar-refractivity contribution is 6.05. The number of hydrogen-bond donors (Lipinski definition) is 2. The fraction of sp³-hybridized carbons (Fsp3) is 0.0625. The molecule has 0 unspecified atom stereocenters. The molecule has 2 rings (SSSR count). The van der Waals surface area contributed by atoms with Gasteiger partial charge in [0.25, 0.3) is 5.91 Å². The van der Waals surface area contributed by atoms with Crippen molar-refractivity contribution in [1.82, 2.24) is 0 Å². The Hall–Kier alpha value is -3.13. The molecule has 2 amide bonds. The lowest BCUT2D eigenvalue weighted by atomic mass is 10.1. The van der Waals surface area contributed by atoms with E-state index >= 15 is 0 Å². The first-order valence-electron chi connectivity index (χ1n) is 6.28. The molecule has 0 aliphatic rings. The van der Waals surface area contributed by atoms with E-state index in [1.165, 1.54) is 6.92 Å². The van der Waals surface area contributed by atoms with Crippen molar-refractivity contribution >= 4 is 23.2 Å². The van der Waals surface area contributed by atoms with E-state index in [2.05, 4.69) is 10.6 Å². The van der Waals surface area contributed by atoms with Gasteiger partial charge in [-0.3, -0.25) is 9.59 Å². The molecule has 0 spiro atoms. The zero-order valence-corrected chi connectivity index (χ0v) is 11.4. The van der Waals surface area contributed by atoms with Gasteiger partial charge in [0.05, 0.1) is 11.3 Å². The lowest BCUT2D eigenvalue weighted by Crippen LogP contribution is -2.13. The van der Waals surface area contributed by atoms with Crippen molar-refractivity contribution in [1.29, 1.82) is 5.26 Å². The topological polar surface area (TPSA) is 82.0 Å². The first kappa shape index (κ1) is 14.3. The lowest BCUT2D eigenvalue weighted by molar-refractivity contribution is -0.114. The number of carbonyl (C=O) groups excluding carboxylic acids is 2. The van der Waals surface area contributed by atoms with E-state index in [-0.39, 0.29) is 11.8 Å². The summed E-state index contributed by atoms with van der Waals surface area (Å²) in [6, 6.07) is 15.4. The molecule has 0 saturated carbocycles. The van der Waals surface area contributed by atoms with Crippen LogP contribution in [0.1, 0.15) is 22.8 Å². The van der Waals surface area contributed by atoms with Gasteiger partial charge >= 0.3 is 0 Å². The Labute approximate surface area is 122 Å². The Balaban J connectivity index is 2.21. The normalized spacial score (nSPS) is 9.52. The van der Waals surface area contributed by atoms with Crippen LogP contribution in [0.15, 0.2) is 48.5 Å². The van der Waals surface area contributed by atoms with Crippen molar-refractivity contribution in [3.8, 4) is 6.07 Å². The van der Waals surface area contributed by atoms with Crippen LogP contribution in [0.2, 0.25) is 0 Å². The molecule has 2 aromatic rings. The number of nitrogens with one attached hydrogen (secondary N) is 2. The van der Waals surface area contributed by atoms with Crippen LogP contribution in [-0.4, -0.2) is 11.8 Å². The van der Waals surface area contributed by atoms with Gasteiger partial charge in [0, 0.05) is 18.2 Å². The average molecular weight is 279 g/mol.